The first-order valence-electron chi connectivity index (χ1n) is 8.61. The summed E-state index contributed by atoms with van der Waals surface area (Å²) in [6.45, 7) is 2.09. The van der Waals surface area contributed by atoms with E-state index in [-0.39, 0.29) is 12.4 Å². The molecule has 27 heavy (non-hydrogen) atoms. The topological polar surface area (TPSA) is 34.1 Å². The fourth-order valence-corrected chi connectivity index (χ4v) is 2.98. The summed E-state index contributed by atoms with van der Waals surface area (Å²) in [4.78, 5) is 4.84. The molecule has 1 heterocycles. The van der Waals surface area contributed by atoms with Gasteiger partial charge in [-0.1, -0.05) is 35.9 Å². The van der Waals surface area contributed by atoms with Gasteiger partial charge in [0.15, 0.2) is 0 Å². The summed E-state index contributed by atoms with van der Waals surface area (Å²) in [5, 5.41) is 4.64. The highest BCUT2D eigenvalue weighted by atomic mass is 35.5. The number of aromatic nitrogens is 1. The van der Waals surface area contributed by atoms with Gasteiger partial charge in [0.05, 0.1) is 24.0 Å². The van der Waals surface area contributed by atoms with Crippen LogP contribution in [0.4, 0.5) is 11.4 Å². The van der Waals surface area contributed by atoms with Gasteiger partial charge in [-0.2, -0.15) is 0 Å². The van der Waals surface area contributed by atoms with Crippen molar-refractivity contribution in [1.82, 2.24) is 4.98 Å². The van der Waals surface area contributed by atoms with Crippen LogP contribution in [0.2, 0.25) is 0 Å². The third-order valence-corrected chi connectivity index (χ3v) is 4.43. The van der Waals surface area contributed by atoms with E-state index in [4.69, 9.17) is 9.72 Å². The summed E-state index contributed by atoms with van der Waals surface area (Å²) < 4.78 is 5.25. The quantitative estimate of drug-likeness (QED) is 0.448. The van der Waals surface area contributed by atoms with E-state index in [9.17, 15) is 0 Å². The van der Waals surface area contributed by atoms with E-state index in [1.807, 2.05) is 42.5 Å². The molecular formula is C23H21ClN2O. The summed E-state index contributed by atoms with van der Waals surface area (Å²) in [6.07, 6.45) is 0. The number of hydrogen-bond donors (Lipinski definition) is 1. The fraction of sp³-hybridized carbons (Fsp3) is 0.0870. The second-order valence-electron chi connectivity index (χ2n) is 6.29. The van der Waals surface area contributed by atoms with Crippen molar-refractivity contribution in [1.29, 1.82) is 0 Å². The van der Waals surface area contributed by atoms with E-state index in [2.05, 4.69) is 48.6 Å². The Kier molecular flexibility index (Phi) is 5.63. The number of rotatable bonds is 4. The van der Waals surface area contributed by atoms with Crippen molar-refractivity contribution in [3.05, 3.63) is 84.4 Å². The number of ether oxygens (including phenoxy) is 1. The predicted molar refractivity (Wildman–Crippen MR) is 115 cm³/mol. The van der Waals surface area contributed by atoms with Crippen LogP contribution in [0.25, 0.3) is 22.2 Å². The number of hydrogen-bond acceptors (Lipinski definition) is 3. The van der Waals surface area contributed by atoms with Gasteiger partial charge in [-0.25, -0.2) is 4.98 Å². The minimum absolute atomic E-state index is 0. The smallest absolute Gasteiger partial charge is 0.118 e. The van der Waals surface area contributed by atoms with E-state index >= 15 is 0 Å². The number of anilines is 2. The van der Waals surface area contributed by atoms with Crippen molar-refractivity contribution in [2.24, 2.45) is 0 Å². The van der Waals surface area contributed by atoms with Crippen LogP contribution in [-0.4, -0.2) is 12.1 Å². The SMILES string of the molecule is COc1ccc(-c2cc(Nc3ccc(C)cc3)c3ccccc3n2)cc1.Cl. The summed E-state index contributed by atoms with van der Waals surface area (Å²) in [5.41, 5.74) is 6.31. The van der Waals surface area contributed by atoms with E-state index in [1.165, 1.54) is 5.56 Å². The van der Waals surface area contributed by atoms with Crippen LogP contribution in [0.1, 0.15) is 5.56 Å². The first-order valence-corrected chi connectivity index (χ1v) is 8.61. The molecule has 0 unspecified atom stereocenters. The lowest BCUT2D eigenvalue weighted by atomic mass is 10.1. The molecule has 0 saturated carbocycles. The Hall–Kier alpha value is -3.04. The van der Waals surface area contributed by atoms with Crippen molar-refractivity contribution in [2.45, 2.75) is 6.92 Å². The summed E-state index contributed by atoms with van der Waals surface area (Å²) in [6, 6.07) is 26.7. The Balaban J connectivity index is 0.00000210. The maximum Gasteiger partial charge on any atom is 0.118 e. The first-order chi connectivity index (χ1) is 12.7. The Bertz CT molecular complexity index is 1040. The van der Waals surface area contributed by atoms with Gasteiger partial charge in [0.1, 0.15) is 5.75 Å². The van der Waals surface area contributed by atoms with Crippen LogP contribution in [0.3, 0.4) is 0 Å². The zero-order valence-electron chi connectivity index (χ0n) is 15.3. The van der Waals surface area contributed by atoms with E-state index in [0.29, 0.717) is 0 Å². The molecular weight excluding hydrogens is 356 g/mol. The van der Waals surface area contributed by atoms with Crippen molar-refractivity contribution < 1.29 is 4.74 Å². The predicted octanol–water partition coefficient (Wildman–Crippen LogP) is 6.38. The Morgan fingerprint density at radius 2 is 1.56 bits per heavy atom. The second kappa shape index (κ2) is 8.11. The Labute approximate surface area is 165 Å². The van der Waals surface area contributed by atoms with Crippen LogP contribution in [-0.2, 0) is 0 Å². The average Bonchev–Trinajstić information content (AvgIpc) is 2.69. The lowest BCUT2D eigenvalue weighted by Gasteiger charge is -2.13. The molecule has 4 heteroatoms. The maximum atomic E-state index is 5.25. The molecule has 0 aliphatic rings. The number of methoxy groups -OCH3 is 1. The molecule has 4 aromatic rings. The highest BCUT2D eigenvalue weighted by Crippen LogP contribution is 2.31. The number of benzene rings is 3. The van der Waals surface area contributed by atoms with Crippen molar-refractivity contribution in [3.63, 3.8) is 0 Å². The van der Waals surface area contributed by atoms with Crippen LogP contribution in [0.5, 0.6) is 5.75 Å². The van der Waals surface area contributed by atoms with E-state index < -0.39 is 0 Å². The van der Waals surface area contributed by atoms with Crippen LogP contribution in [0.15, 0.2) is 78.9 Å². The third-order valence-electron chi connectivity index (χ3n) is 4.43. The lowest BCUT2D eigenvalue weighted by molar-refractivity contribution is 0.415. The normalized spacial score (nSPS) is 10.3. The number of nitrogens with zero attached hydrogens (tertiary/aromatic N) is 1. The maximum absolute atomic E-state index is 5.25. The molecule has 0 aliphatic heterocycles. The molecule has 0 saturated heterocycles. The molecule has 0 radical (unpaired) electrons. The summed E-state index contributed by atoms with van der Waals surface area (Å²) in [7, 11) is 1.67. The number of nitrogens with one attached hydrogen (secondary N) is 1. The zero-order valence-corrected chi connectivity index (χ0v) is 16.1. The van der Waals surface area contributed by atoms with Crippen LogP contribution >= 0.6 is 12.4 Å². The second-order valence-corrected chi connectivity index (χ2v) is 6.29. The monoisotopic (exact) mass is 376 g/mol. The molecule has 0 atom stereocenters. The standard InChI is InChI=1S/C23H20N2O.ClH/c1-16-7-11-18(12-8-16)24-23-15-22(17-9-13-19(26-2)14-10-17)25-21-6-4-3-5-20(21)23;/h3-15H,1-2H3,(H,24,25);1H. The van der Waals surface area contributed by atoms with Crippen molar-refractivity contribution >= 4 is 34.7 Å². The molecule has 0 spiro atoms. The molecule has 136 valence electrons. The van der Waals surface area contributed by atoms with Crippen molar-refractivity contribution in [2.75, 3.05) is 12.4 Å². The molecule has 1 N–H and O–H groups in total. The van der Waals surface area contributed by atoms with Gasteiger partial charge in [0.25, 0.3) is 0 Å². The molecule has 0 bridgehead atoms. The molecule has 0 aliphatic carbocycles. The third kappa shape index (κ3) is 4.04. The van der Waals surface area contributed by atoms with Gasteiger partial charge >= 0.3 is 0 Å². The van der Waals surface area contributed by atoms with Crippen LogP contribution in [0, 0.1) is 6.92 Å². The number of aryl methyl sites for hydroxylation is 1. The minimum Gasteiger partial charge on any atom is -0.497 e. The van der Waals surface area contributed by atoms with Gasteiger partial charge in [-0.05, 0) is 55.5 Å². The Morgan fingerprint density at radius 3 is 2.26 bits per heavy atom. The largest absolute Gasteiger partial charge is 0.497 e. The molecule has 1 aromatic heterocycles. The van der Waals surface area contributed by atoms with Gasteiger partial charge in [-0.15, -0.1) is 12.4 Å². The molecule has 0 fully saturated rings. The molecule has 3 nitrogen and oxygen atoms in total. The minimum atomic E-state index is 0. The van der Waals surface area contributed by atoms with Gasteiger partial charge in [0, 0.05) is 16.6 Å². The first kappa shape index (κ1) is 18.7. The number of halogens is 1. The van der Waals surface area contributed by atoms with Gasteiger partial charge < -0.3 is 10.1 Å². The molecule has 4 rings (SSSR count). The number of pyridine rings is 1. The molecule has 0 amide bonds. The summed E-state index contributed by atoms with van der Waals surface area (Å²) in [5.74, 6) is 0.840. The lowest BCUT2D eigenvalue weighted by Crippen LogP contribution is -1.95. The van der Waals surface area contributed by atoms with E-state index in [0.717, 1.165) is 39.3 Å². The van der Waals surface area contributed by atoms with Gasteiger partial charge in [0.2, 0.25) is 0 Å². The summed E-state index contributed by atoms with van der Waals surface area (Å²) >= 11 is 0. The average molecular weight is 377 g/mol. The van der Waals surface area contributed by atoms with E-state index in [1.54, 1.807) is 7.11 Å². The highest BCUT2D eigenvalue weighted by molar-refractivity contribution is 5.95. The van der Waals surface area contributed by atoms with Crippen LogP contribution < -0.4 is 10.1 Å². The zero-order chi connectivity index (χ0) is 17.9. The van der Waals surface area contributed by atoms with Crippen molar-refractivity contribution in [3.8, 4) is 17.0 Å². The Morgan fingerprint density at radius 1 is 0.852 bits per heavy atom. The number of para-hydroxylation sites is 1. The highest BCUT2D eigenvalue weighted by Gasteiger charge is 2.08. The molecule has 3 aromatic carbocycles. The number of fused-ring (bicyclic) bond motifs is 1. The van der Waals surface area contributed by atoms with Gasteiger partial charge in [-0.3, -0.25) is 0 Å². The fourth-order valence-electron chi connectivity index (χ4n) is 2.98.